The standard InChI is InChI=1S/C17H18BrCl2N3O4S2/c18-12-6-28-16(23-12)10(21)4-22-13-14(25)11(5-24)27-17(15(13)26)29-7-1-2-8(19)9(20)3-7/h1-4,6,11,13-15,17,22,24-26H,5,21H2/b10-4-. The van der Waals surface area contributed by atoms with Crippen LogP contribution in [0.25, 0.3) is 5.70 Å². The minimum absolute atomic E-state index is 0.348. The van der Waals surface area contributed by atoms with E-state index in [0.29, 0.717) is 25.4 Å². The van der Waals surface area contributed by atoms with Crippen molar-refractivity contribution in [3.63, 3.8) is 0 Å². The topological polar surface area (TPSA) is 121 Å². The molecule has 158 valence electrons. The Morgan fingerprint density at radius 2 is 2.10 bits per heavy atom. The molecule has 1 aromatic carbocycles. The maximum Gasteiger partial charge on any atom is 0.141 e. The molecular formula is C17H18BrCl2N3O4S2. The van der Waals surface area contributed by atoms with Gasteiger partial charge in [0, 0.05) is 16.5 Å². The summed E-state index contributed by atoms with van der Waals surface area (Å²) in [6.07, 6.45) is -1.69. The number of ether oxygens (including phenoxy) is 1. The minimum Gasteiger partial charge on any atom is -0.395 e. The number of aliphatic hydroxyl groups excluding tert-OH is 3. The highest BCUT2D eigenvalue weighted by molar-refractivity contribution is 9.10. The molecule has 5 atom stereocenters. The van der Waals surface area contributed by atoms with Gasteiger partial charge < -0.3 is 31.1 Å². The van der Waals surface area contributed by atoms with Crippen LogP contribution < -0.4 is 11.1 Å². The Morgan fingerprint density at radius 1 is 1.34 bits per heavy atom. The van der Waals surface area contributed by atoms with E-state index in [-0.39, 0.29) is 0 Å². The van der Waals surface area contributed by atoms with E-state index < -0.39 is 36.4 Å². The second-order valence-corrected chi connectivity index (χ2v) is 9.82. The van der Waals surface area contributed by atoms with Gasteiger partial charge >= 0.3 is 0 Å². The molecule has 0 spiro atoms. The predicted molar refractivity (Wildman–Crippen MR) is 119 cm³/mol. The predicted octanol–water partition coefficient (Wildman–Crippen LogP) is 2.66. The Bertz CT molecular complexity index is 888. The number of benzene rings is 1. The van der Waals surface area contributed by atoms with Gasteiger partial charge in [-0.1, -0.05) is 35.0 Å². The van der Waals surface area contributed by atoms with Gasteiger partial charge in [-0.2, -0.15) is 0 Å². The molecule has 1 aromatic heterocycles. The Morgan fingerprint density at radius 3 is 2.72 bits per heavy atom. The second-order valence-electron chi connectivity index (χ2n) is 6.17. The van der Waals surface area contributed by atoms with Gasteiger partial charge in [0.1, 0.15) is 33.4 Å². The van der Waals surface area contributed by atoms with Gasteiger partial charge in [0.25, 0.3) is 0 Å². The molecule has 0 saturated carbocycles. The molecule has 3 rings (SSSR count). The molecule has 2 aromatic rings. The smallest absolute Gasteiger partial charge is 0.141 e. The third-order valence-electron chi connectivity index (χ3n) is 4.18. The summed E-state index contributed by atoms with van der Waals surface area (Å²) in [6.45, 7) is -0.414. The van der Waals surface area contributed by atoms with Gasteiger partial charge in [-0.15, -0.1) is 11.3 Å². The summed E-state index contributed by atoms with van der Waals surface area (Å²) in [6, 6.07) is 4.22. The number of nitrogens with two attached hydrogens (primary N) is 1. The molecule has 1 saturated heterocycles. The maximum atomic E-state index is 10.8. The Hall–Kier alpha value is -0.560. The lowest BCUT2D eigenvalue weighted by Gasteiger charge is -2.42. The highest BCUT2D eigenvalue weighted by Crippen LogP contribution is 2.36. The number of nitrogens with zero attached hydrogens (tertiary/aromatic N) is 1. The Balaban J connectivity index is 1.76. The fourth-order valence-electron chi connectivity index (χ4n) is 2.70. The summed E-state index contributed by atoms with van der Waals surface area (Å²) in [4.78, 5) is 4.93. The van der Waals surface area contributed by atoms with Gasteiger partial charge in [-0.25, -0.2) is 4.98 Å². The van der Waals surface area contributed by atoms with Crippen LogP contribution in [0.1, 0.15) is 5.01 Å². The van der Waals surface area contributed by atoms with Crippen LogP contribution in [0.15, 0.2) is 39.3 Å². The van der Waals surface area contributed by atoms with E-state index in [0.717, 1.165) is 4.90 Å². The SMILES string of the molecule is N/C(=C\NC1C(O)C(CO)OC(Sc2ccc(Cl)c(Cl)c2)C1O)c1nc(Br)cs1. The normalized spacial score (nSPS) is 27.8. The maximum absolute atomic E-state index is 10.8. The van der Waals surface area contributed by atoms with E-state index in [4.69, 9.17) is 33.7 Å². The van der Waals surface area contributed by atoms with Crippen LogP contribution in [0.2, 0.25) is 10.0 Å². The van der Waals surface area contributed by atoms with Crippen LogP contribution >= 0.6 is 62.2 Å². The number of rotatable bonds is 6. The average Bonchev–Trinajstić information content (AvgIpc) is 3.13. The molecule has 0 aliphatic carbocycles. The number of nitrogens with one attached hydrogen (secondary N) is 1. The zero-order chi connectivity index (χ0) is 21.1. The summed E-state index contributed by atoms with van der Waals surface area (Å²) in [5.41, 5.74) is 5.60. The van der Waals surface area contributed by atoms with Gasteiger partial charge in [0.2, 0.25) is 0 Å². The van der Waals surface area contributed by atoms with Crippen molar-refractivity contribution in [3.05, 3.63) is 49.4 Å². The molecule has 5 unspecified atom stereocenters. The third kappa shape index (κ3) is 5.57. The molecule has 0 bridgehead atoms. The first kappa shape index (κ1) is 23.1. The molecule has 12 heteroatoms. The van der Waals surface area contributed by atoms with Crippen LogP contribution in [0.4, 0.5) is 0 Å². The van der Waals surface area contributed by atoms with Gasteiger partial charge in [-0.05, 0) is 34.1 Å². The van der Waals surface area contributed by atoms with Crippen molar-refractivity contribution < 1.29 is 20.1 Å². The summed E-state index contributed by atoms with van der Waals surface area (Å²) in [5, 5.41) is 37.0. The van der Waals surface area contributed by atoms with Crippen LogP contribution in [0, 0.1) is 0 Å². The second kappa shape index (κ2) is 10.2. The van der Waals surface area contributed by atoms with Crippen molar-refractivity contribution >= 4 is 67.9 Å². The number of hydrogen-bond acceptors (Lipinski definition) is 9. The Kier molecular flexibility index (Phi) is 8.10. The highest BCUT2D eigenvalue weighted by Gasteiger charge is 2.44. The van der Waals surface area contributed by atoms with Crippen LogP contribution in [0.3, 0.4) is 0 Å². The lowest BCUT2D eigenvalue weighted by molar-refractivity contribution is -0.164. The van der Waals surface area contributed by atoms with E-state index in [1.807, 2.05) is 0 Å². The van der Waals surface area contributed by atoms with Gasteiger partial charge in [0.15, 0.2) is 0 Å². The number of thiazole rings is 1. The van der Waals surface area contributed by atoms with E-state index in [1.54, 1.807) is 23.6 Å². The van der Waals surface area contributed by atoms with Crippen molar-refractivity contribution in [1.29, 1.82) is 0 Å². The molecule has 0 radical (unpaired) electrons. The third-order valence-corrected chi connectivity index (χ3v) is 7.67. The van der Waals surface area contributed by atoms with E-state index >= 15 is 0 Å². The van der Waals surface area contributed by atoms with Crippen molar-refractivity contribution in [1.82, 2.24) is 10.3 Å². The molecule has 1 fully saturated rings. The molecule has 0 amide bonds. The molecule has 7 nitrogen and oxygen atoms in total. The van der Waals surface area contributed by atoms with Crippen LogP contribution in [0.5, 0.6) is 0 Å². The molecule has 1 aliphatic heterocycles. The zero-order valence-electron chi connectivity index (χ0n) is 14.7. The van der Waals surface area contributed by atoms with Gasteiger partial charge in [-0.3, -0.25) is 0 Å². The zero-order valence-corrected chi connectivity index (χ0v) is 19.4. The molecular weight excluding hydrogens is 525 g/mol. The van der Waals surface area contributed by atoms with Crippen LogP contribution in [-0.4, -0.2) is 56.7 Å². The first-order valence-electron chi connectivity index (χ1n) is 8.37. The largest absolute Gasteiger partial charge is 0.395 e. The lowest BCUT2D eigenvalue weighted by atomic mass is 9.97. The first-order valence-corrected chi connectivity index (χ1v) is 11.7. The first-order chi connectivity index (χ1) is 13.8. The summed E-state index contributed by atoms with van der Waals surface area (Å²) in [5.74, 6) is 0. The highest BCUT2D eigenvalue weighted by atomic mass is 79.9. The average molecular weight is 543 g/mol. The van der Waals surface area contributed by atoms with Crippen molar-refractivity contribution in [2.75, 3.05) is 6.61 Å². The summed E-state index contributed by atoms with van der Waals surface area (Å²) < 4.78 is 6.35. The monoisotopic (exact) mass is 541 g/mol. The number of halogens is 3. The molecule has 29 heavy (non-hydrogen) atoms. The van der Waals surface area contributed by atoms with E-state index in [9.17, 15) is 15.3 Å². The fraction of sp³-hybridized carbons (Fsp3) is 0.353. The number of aliphatic hydroxyl groups is 3. The molecule has 6 N–H and O–H groups in total. The van der Waals surface area contributed by atoms with E-state index in [2.05, 4.69) is 26.2 Å². The summed E-state index contributed by atoms with van der Waals surface area (Å²) >= 11 is 17.8. The number of hydrogen-bond donors (Lipinski definition) is 5. The lowest BCUT2D eigenvalue weighted by Crippen LogP contribution is -2.62. The van der Waals surface area contributed by atoms with Crippen molar-refractivity contribution in [2.24, 2.45) is 5.73 Å². The van der Waals surface area contributed by atoms with Gasteiger partial charge in [0.05, 0.1) is 28.4 Å². The minimum atomic E-state index is -1.16. The van der Waals surface area contributed by atoms with Crippen molar-refractivity contribution in [2.45, 2.75) is 34.7 Å². The molecule has 1 aliphatic rings. The number of thioether (sulfide) groups is 1. The molecule has 2 heterocycles. The van der Waals surface area contributed by atoms with Crippen molar-refractivity contribution in [3.8, 4) is 0 Å². The summed E-state index contributed by atoms with van der Waals surface area (Å²) in [7, 11) is 0. The quantitative estimate of drug-likeness (QED) is 0.378. The van der Waals surface area contributed by atoms with E-state index in [1.165, 1.54) is 29.3 Å². The number of aromatic nitrogens is 1. The van der Waals surface area contributed by atoms with Crippen LogP contribution in [-0.2, 0) is 4.74 Å². The fourth-order valence-corrected chi connectivity index (χ4v) is 5.35. The Labute approximate surface area is 194 Å².